The summed E-state index contributed by atoms with van der Waals surface area (Å²) in [4.78, 5) is 11.8. The van der Waals surface area contributed by atoms with Gasteiger partial charge in [-0.3, -0.25) is 4.79 Å². The topological polar surface area (TPSA) is 91.2 Å². The number of carbonyl (C=O) groups excluding carboxylic acids is 1. The number of benzene rings is 2. The first kappa shape index (κ1) is 15.5. The minimum absolute atomic E-state index is 0.0168. The van der Waals surface area contributed by atoms with E-state index in [1.807, 2.05) is 0 Å². The first-order valence-corrected chi connectivity index (χ1v) is 6.54. The summed E-state index contributed by atoms with van der Waals surface area (Å²) in [5.74, 6) is -0.309. The Labute approximate surface area is 127 Å². The SMILES string of the molecule is COc1cc(/C=N/NC(=O)C(O)c2ccccc2)ccc1O. The maximum Gasteiger partial charge on any atom is 0.273 e. The van der Waals surface area contributed by atoms with Gasteiger partial charge in [0.1, 0.15) is 0 Å². The van der Waals surface area contributed by atoms with Gasteiger partial charge in [-0.2, -0.15) is 5.10 Å². The Hall–Kier alpha value is -2.86. The first-order valence-electron chi connectivity index (χ1n) is 6.54. The molecule has 0 heterocycles. The highest BCUT2D eigenvalue weighted by Gasteiger charge is 2.15. The highest BCUT2D eigenvalue weighted by molar-refractivity contribution is 5.85. The molecule has 0 aliphatic heterocycles. The number of nitrogens with one attached hydrogen (secondary N) is 1. The Morgan fingerprint density at radius 2 is 2.00 bits per heavy atom. The normalized spacial score (nSPS) is 12.1. The van der Waals surface area contributed by atoms with Crippen molar-refractivity contribution >= 4 is 12.1 Å². The minimum atomic E-state index is -1.28. The summed E-state index contributed by atoms with van der Waals surface area (Å²) in [7, 11) is 1.44. The van der Waals surface area contributed by atoms with Crippen LogP contribution in [0.25, 0.3) is 0 Å². The second-order valence-electron chi connectivity index (χ2n) is 4.48. The van der Waals surface area contributed by atoms with Crippen molar-refractivity contribution in [1.82, 2.24) is 5.43 Å². The van der Waals surface area contributed by atoms with Crippen molar-refractivity contribution in [2.24, 2.45) is 5.10 Å². The van der Waals surface area contributed by atoms with Gasteiger partial charge < -0.3 is 14.9 Å². The van der Waals surface area contributed by atoms with Gasteiger partial charge in [0.05, 0.1) is 13.3 Å². The molecule has 0 radical (unpaired) electrons. The lowest BCUT2D eigenvalue weighted by Gasteiger charge is -2.08. The van der Waals surface area contributed by atoms with Crippen LogP contribution in [0.4, 0.5) is 0 Å². The fourth-order valence-corrected chi connectivity index (χ4v) is 1.79. The van der Waals surface area contributed by atoms with E-state index >= 15 is 0 Å². The summed E-state index contributed by atoms with van der Waals surface area (Å²) in [5, 5.41) is 23.1. The van der Waals surface area contributed by atoms with E-state index in [0.29, 0.717) is 16.9 Å². The average molecular weight is 300 g/mol. The number of phenolic OH excluding ortho intramolecular Hbond substituents is 1. The highest BCUT2D eigenvalue weighted by Crippen LogP contribution is 2.25. The number of amides is 1. The maximum atomic E-state index is 11.8. The molecule has 1 atom stereocenters. The molecule has 0 saturated carbocycles. The third-order valence-electron chi connectivity index (χ3n) is 2.96. The van der Waals surface area contributed by atoms with Gasteiger partial charge in [0, 0.05) is 0 Å². The number of phenols is 1. The molecule has 0 saturated heterocycles. The van der Waals surface area contributed by atoms with E-state index in [1.54, 1.807) is 42.5 Å². The maximum absolute atomic E-state index is 11.8. The molecular weight excluding hydrogens is 284 g/mol. The molecule has 0 bridgehead atoms. The van der Waals surface area contributed by atoms with E-state index < -0.39 is 12.0 Å². The molecule has 3 N–H and O–H groups in total. The number of nitrogens with zero attached hydrogens (tertiary/aromatic N) is 1. The summed E-state index contributed by atoms with van der Waals surface area (Å²) in [6.07, 6.45) is 0.102. The lowest BCUT2D eigenvalue weighted by Crippen LogP contribution is -2.25. The Balaban J connectivity index is 1.99. The summed E-state index contributed by atoms with van der Waals surface area (Å²) in [5.41, 5.74) is 3.38. The van der Waals surface area contributed by atoms with Gasteiger partial charge in [-0.25, -0.2) is 5.43 Å². The van der Waals surface area contributed by atoms with Crippen LogP contribution in [-0.2, 0) is 4.79 Å². The van der Waals surface area contributed by atoms with Crippen molar-refractivity contribution in [3.8, 4) is 11.5 Å². The molecule has 0 aliphatic carbocycles. The van der Waals surface area contributed by atoms with Crippen LogP contribution in [0, 0.1) is 0 Å². The van der Waals surface area contributed by atoms with Crippen LogP contribution in [0.5, 0.6) is 11.5 Å². The van der Waals surface area contributed by atoms with Crippen LogP contribution >= 0.6 is 0 Å². The largest absolute Gasteiger partial charge is 0.504 e. The van der Waals surface area contributed by atoms with Crippen LogP contribution in [0.15, 0.2) is 53.6 Å². The van der Waals surface area contributed by atoms with E-state index in [4.69, 9.17) is 4.74 Å². The number of rotatable bonds is 5. The Morgan fingerprint density at radius 1 is 1.27 bits per heavy atom. The number of aromatic hydroxyl groups is 1. The highest BCUT2D eigenvalue weighted by atomic mass is 16.5. The Kier molecular flexibility index (Phi) is 5.11. The Bertz CT molecular complexity index is 671. The standard InChI is InChI=1S/C16H16N2O4/c1-22-14-9-11(7-8-13(14)19)10-17-18-16(21)15(20)12-5-3-2-4-6-12/h2-10,15,19-20H,1H3,(H,18,21)/b17-10+. The molecule has 6 nitrogen and oxygen atoms in total. The first-order chi connectivity index (χ1) is 10.6. The molecule has 2 aromatic carbocycles. The smallest absolute Gasteiger partial charge is 0.273 e. The van der Waals surface area contributed by atoms with Crippen LogP contribution in [0.1, 0.15) is 17.2 Å². The quantitative estimate of drug-likeness (QED) is 0.577. The second-order valence-corrected chi connectivity index (χ2v) is 4.48. The molecule has 0 aliphatic rings. The second kappa shape index (κ2) is 7.24. The van der Waals surface area contributed by atoms with Crippen molar-refractivity contribution in [3.63, 3.8) is 0 Å². The summed E-state index contributed by atoms with van der Waals surface area (Å²) < 4.78 is 4.97. The van der Waals surface area contributed by atoms with E-state index in [0.717, 1.165) is 0 Å². The van der Waals surface area contributed by atoms with Crippen molar-refractivity contribution in [2.45, 2.75) is 6.10 Å². The van der Waals surface area contributed by atoms with Gasteiger partial charge >= 0.3 is 0 Å². The van der Waals surface area contributed by atoms with Gasteiger partial charge in [-0.15, -0.1) is 0 Å². The average Bonchev–Trinajstić information content (AvgIpc) is 2.56. The Morgan fingerprint density at radius 3 is 2.68 bits per heavy atom. The molecule has 2 aromatic rings. The fourth-order valence-electron chi connectivity index (χ4n) is 1.79. The minimum Gasteiger partial charge on any atom is -0.504 e. The number of carbonyl (C=O) groups is 1. The van der Waals surface area contributed by atoms with Crippen LogP contribution < -0.4 is 10.2 Å². The molecule has 1 amide bonds. The third-order valence-corrected chi connectivity index (χ3v) is 2.96. The predicted octanol–water partition coefficient (Wildman–Crippen LogP) is 1.58. The molecule has 0 fully saturated rings. The molecule has 0 aromatic heterocycles. The van der Waals surface area contributed by atoms with Crippen molar-refractivity contribution < 1.29 is 19.7 Å². The summed E-state index contributed by atoms with van der Waals surface area (Å²) in [6, 6.07) is 13.2. The molecule has 6 heteroatoms. The van der Waals surface area contributed by atoms with E-state index in [-0.39, 0.29) is 5.75 Å². The van der Waals surface area contributed by atoms with Crippen LogP contribution in [-0.4, -0.2) is 29.4 Å². The number of hydrogen-bond acceptors (Lipinski definition) is 5. The molecule has 22 heavy (non-hydrogen) atoms. The van der Waals surface area contributed by atoms with Crippen molar-refractivity contribution in [3.05, 3.63) is 59.7 Å². The zero-order chi connectivity index (χ0) is 15.9. The zero-order valence-electron chi connectivity index (χ0n) is 11.9. The number of hydrogen-bond donors (Lipinski definition) is 3. The van der Waals surface area contributed by atoms with Gasteiger partial charge in [0.2, 0.25) is 0 Å². The van der Waals surface area contributed by atoms with Gasteiger partial charge in [-0.05, 0) is 29.3 Å². The lowest BCUT2D eigenvalue weighted by atomic mass is 10.1. The third kappa shape index (κ3) is 3.83. The fraction of sp³-hybridized carbons (Fsp3) is 0.125. The zero-order valence-corrected chi connectivity index (χ0v) is 11.9. The summed E-state index contributed by atoms with van der Waals surface area (Å²) >= 11 is 0. The van der Waals surface area contributed by atoms with Gasteiger partial charge in [0.25, 0.3) is 5.91 Å². The number of hydrazone groups is 1. The molecule has 2 rings (SSSR count). The molecular formula is C16H16N2O4. The molecule has 114 valence electrons. The van der Waals surface area contributed by atoms with E-state index in [9.17, 15) is 15.0 Å². The predicted molar refractivity (Wildman–Crippen MR) is 81.8 cm³/mol. The lowest BCUT2D eigenvalue weighted by molar-refractivity contribution is -0.129. The van der Waals surface area contributed by atoms with E-state index in [2.05, 4.69) is 10.5 Å². The number of aliphatic hydroxyl groups is 1. The number of aliphatic hydroxyl groups excluding tert-OH is 1. The van der Waals surface area contributed by atoms with E-state index in [1.165, 1.54) is 19.4 Å². The van der Waals surface area contributed by atoms with Crippen LogP contribution in [0.2, 0.25) is 0 Å². The van der Waals surface area contributed by atoms with Crippen LogP contribution in [0.3, 0.4) is 0 Å². The molecule has 1 unspecified atom stereocenters. The molecule has 0 spiro atoms. The summed E-state index contributed by atoms with van der Waals surface area (Å²) in [6.45, 7) is 0. The number of ether oxygens (including phenoxy) is 1. The number of methoxy groups -OCH3 is 1. The van der Waals surface area contributed by atoms with Gasteiger partial charge in [0.15, 0.2) is 17.6 Å². The van der Waals surface area contributed by atoms with Crippen molar-refractivity contribution in [2.75, 3.05) is 7.11 Å². The van der Waals surface area contributed by atoms with Gasteiger partial charge in [-0.1, -0.05) is 30.3 Å². The monoisotopic (exact) mass is 300 g/mol. The van der Waals surface area contributed by atoms with Crippen molar-refractivity contribution in [1.29, 1.82) is 0 Å².